The molecule has 28 heavy (non-hydrogen) atoms. The Labute approximate surface area is 171 Å². The highest BCUT2D eigenvalue weighted by molar-refractivity contribution is 7.99. The van der Waals surface area contributed by atoms with Crippen LogP contribution in [0.3, 0.4) is 0 Å². The number of carbonyl (C=O) groups excluding carboxylic acids is 1. The number of fused-ring (bicyclic) bond motifs is 1. The molecule has 0 saturated heterocycles. The lowest BCUT2D eigenvalue weighted by atomic mass is 10.2. The van der Waals surface area contributed by atoms with Crippen molar-refractivity contribution in [2.24, 2.45) is 7.05 Å². The minimum Gasteiger partial charge on any atom is -0.486 e. The van der Waals surface area contributed by atoms with Gasteiger partial charge in [-0.15, -0.1) is 10.2 Å². The van der Waals surface area contributed by atoms with Crippen LogP contribution in [0.4, 0.5) is 5.69 Å². The number of benzene rings is 2. The third-order valence-electron chi connectivity index (χ3n) is 4.08. The molecule has 0 bridgehead atoms. The summed E-state index contributed by atoms with van der Waals surface area (Å²) in [7, 11) is 1.86. The predicted octanol–water partition coefficient (Wildman–Crippen LogP) is 3.64. The van der Waals surface area contributed by atoms with Gasteiger partial charge in [0, 0.05) is 29.4 Å². The first-order chi connectivity index (χ1) is 13.6. The molecule has 0 unspecified atom stereocenters. The molecule has 0 radical (unpaired) electrons. The molecule has 0 aliphatic carbocycles. The number of nitrogens with zero attached hydrogens (tertiary/aromatic N) is 3. The number of carbonyl (C=O) groups is 1. The summed E-state index contributed by atoms with van der Waals surface area (Å²) in [5.41, 5.74) is 1.53. The largest absolute Gasteiger partial charge is 0.486 e. The van der Waals surface area contributed by atoms with E-state index in [-0.39, 0.29) is 11.7 Å². The van der Waals surface area contributed by atoms with E-state index in [1.807, 2.05) is 29.8 Å². The Morgan fingerprint density at radius 1 is 1.18 bits per heavy atom. The molecule has 0 spiro atoms. The van der Waals surface area contributed by atoms with Gasteiger partial charge in [-0.05, 0) is 24.3 Å². The average Bonchev–Trinajstić information content (AvgIpc) is 3.07. The van der Waals surface area contributed by atoms with Crippen molar-refractivity contribution in [1.82, 2.24) is 14.8 Å². The molecule has 144 valence electrons. The normalized spacial score (nSPS) is 12.6. The number of ether oxygens (including phenoxy) is 2. The highest BCUT2D eigenvalue weighted by Crippen LogP contribution is 2.32. The maximum absolute atomic E-state index is 12.3. The van der Waals surface area contributed by atoms with E-state index in [1.54, 1.807) is 24.3 Å². The monoisotopic (exact) mass is 416 g/mol. The number of amides is 1. The number of hydrogen-bond acceptors (Lipinski definition) is 6. The Balaban J connectivity index is 1.39. The van der Waals surface area contributed by atoms with Crippen molar-refractivity contribution in [2.45, 2.75) is 5.16 Å². The fourth-order valence-corrected chi connectivity index (χ4v) is 3.67. The highest BCUT2D eigenvalue weighted by atomic mass is 35.5. The van der Waals surface area contributed by atoms with Crippen LogP contribution in [0, 0.1) is 0 Å². The first-order valence-corrected chi connectivity index (χ1v) is 9.94. The van der Waals surface area contributed by atoms with Gasteiger partial charge in [-0.25, -0.2) is 0 Å². The first-order valence-electron chi connectivity index (χ1n) is 8.58. The van der Waals surface area contributed by atoms with E-state index in [9.17, 15) is 4.79 Å². The SMILES string of the molecule is Cn1c(SCC(=O)Nc2ccc3c(c2)OCCO3)nnc1-c1cccc(Cl)c1. The van der Waals surface area contributed by atoms with Crippen molar-refractivity contribution in [1.29, 1.82) is 0 Å². The fraction of sp³-hybridized carbons (Fsp3) is 0.211. The summed E-state index contributed by atoms with van der Waals surface area (Å²) in [5, 5.41) is 12.5. The lowest BCUT2D eigenvalue weighted by Crippen LogP contribution is -2.17. The molecule has 9 heteroatoms. The third kappa shape index (κ3) is 4.07. The molecule has 1 N–H and O–H groups in total. The van der Waals surface area contributed by atoms with Crippen LogP contribution < -0.4 is 14.8 Å². The van der Waals surface area contributed by atoms with E-state index in [2.05, 4.69) is 15.5 Å². The van der Waals surface area contributed by atoms with Crippen LogP contribution >= 0.6 is 23.4 Å². The van der Waals surface area contributed by atoms with Crippen molar-refractivity contribution < 1.29 is 14.3 Å². The maximum atomic E-state index is 12.3. The topological polar surface area (TPSA) is 78.3 Å². The van der Waals surface area contributed by atoms with Crippen molar-refractivity contribution in [3.8, 4) is 22.9 Å². The summed E-state index contributed by atoms with van der Waals surface area (Å²) in [5.74, 6) is 2.07. The zero-order valence-electron chi connectivity index (χ0n) is 15.0. The first kappa shape index (κ1) is 18.6. The summed E-state index contributed by atoms with van der Waals surface area (Å²) >= 11 is 7.36. The van der Waals surface area contributed by atoms with Gasteiger partial charge in [0.05, 0.1) is 5.75 Å². The zero-order valence-corrected chi connectivity index (χ0v) is 16.6. The molecule has 1 aliphatic heterocycles. The van der Waals surface area contributed by atoms with E-state index in [0.29, 0.717) is 46.4 Å². The van der Waals surface area contributed by atoms with Gasteiger partial charge >= 0.3 is 0 Å². The highest BCUT2D eigenvalue weighted by Gasteiger charge is 2.15. The molecule has 2 aromatic carbocycles. The van der Waals surface area contributed by atoms with Crippen LogP contribution in [0.1, 0.15) is 0 Å². The van der Waals surface area contributed by atoms with E-state index < -0.39 is 0 Å². The number of hydrogen-bond donors (Lipinski definition) is 1. The van der Waals surface area contributed by atoms with Gasteiger partial charge in [0.2, 0.25) is 5.91 Å². The van der Waals surface area contributed by atoms with Gasteiger partial charge in [0.1, 0.15) is 13.2 Å². The number of rotatable bonds is 5. The molecule has 0 fully saturated rings. The number of nitrogens with one attached hydrogen (secondary N) is 1. The summed E-state index contributed by atoms with van der Waals surface area (Å²) in [6, 6.07) is 12.7. The second kappa shape index (κ2) is 8.12. The number of halogens is 1. The standard InChI is InChI=1S/C19H17ClN4O3S/c1-24-18(12-3-2-4-13(20)9-12)22-23-19(24)28-11-17(25)21-14-5-6-15-16(10-14)27-8-7-26-15/h2-6,9-10H,7-8,11H2,1H3,(H,21,25). The fourth-order valence-electron chi connectivity index (χ4n) is 2.77. The van der Waals surface area contributed by atoms with Crippen molar-refractivity contribution in [3.63, 3.8) is 0 Å². The van der Waals surface area contributed by atoms with Crippen LogP contribution in [0.25, 0.3) is 11.4 Å². The van der Waals surface area contributed by atoms with Gasteiger partial charge in [-0.1, -0.05) is 35.5 Å². The van der Waals surface area contributed by atoms with E-state index >= 15 is 0 Å². The second-order valence-corrected chi connectivity index (χ2v) is 7.45. The molecule has 1 amide bonds. The Morgan fingerprint density at radius 3 is 2.82 bits per heavy atom. The van der Waals surface area contributed by atoms with Crippen molar-refractivity contribution >= 4 is 35.0 Å². The number of thioether (sulfide) groups is 1. The van der Waals surface area contributed by atoms with E-state index in [0.717, 1.165) is 5.56 Å². The molecular weight excluding hydrogens is 400 g/mol. The molecule has 0 atom stereocenters. The minimum absolute atomic E-state index is 0.144. The molecule has 0 saturated carbocycles. The average molecular weight is 417 g/mol. The molecule has 3 aromatic rings. The molecule has 1 aliphatic rings. The van der Waals surface area contributed by atoms with E-state index in [1.165, 1.54) is 11.8 Å². The van der Waals surface area contributed by atoms with Crippen LogP contribution in [-0.2, 0) is 11.8 Å². The number of aromatic nitrogens is 3. The van der Waals surface area contributed by atoms with Crippen molar-refractivity contribution in [3.05, 3.63) is 47.5 Å². The third-order valence-corrected chi connectivity index (χ3v) is 5.33. The van der Waals surface area contributed by atoms with Gasteiger partial charge < -0.3 is 19.4 Å². The predicted molar refractivity (Wildman–Crippen MR) is 108 cm³/mol. The van der Waals surface area contributed by atoms with Crippen molar-refractivity contribution in [2.75, 3.05) is 24.3 Å². The maximum Gasteiger partial charge on any atom is 0.234 e. The van der Waals surface area contributed by atoms with Crippen LogP contribution in [-0.4, -0.2) is 39.6 Å². The quantitative estimate of drug-likeness (QED) is 0.640. The molecule has 1 aromatic heterocycles. The summed E-state index contributed by atoms with van der Waals surface area (Å²) in [4.78, 5) is 12.3. The van der Waals surface area contributed by atoms with Gasteiger partial charge in [0.25, 0.3) is 0 Å². The minimum atomic E-state index is -0.144. The van der Waals surface area contributed by atoms with Gasteiger partial charge in [-0.3, -0.25) is 4.79 Å². The van der Waals surface area contributed by atoms with Crippen LogP contribution in [0.5, 0.6) is 11.5 Å². The smallest absolute Gasteiger partial charge is 0.234 e. The Hall–Kier alpha value is -2.71. The Bertz CT molecular complexity index is 1020. The zero-order chi connectivity index (χ0) is 19.5. The number of anilines is 1. The summed E-state index contributed by atoms with van der Waals surface area (Å²) in [6.45, 7) is 1.03. The molecule has 4 rings (SSSR count). The van der Waals surface area contributed by atoms with Crippen LogP contribution in [0.2, 0.25) is 5.02 Å². The summed E-state index contributed by atoms with van der Waals surface area (Å²) in [6.07, 6.45) is 0. The van der Waals surface area contributed by atoms with E-state index in [4.69, 9.17) is 21.1 Å². The van der Waals surface area contributed by atoms with Gasteiger partial charge in [-0.2, -0.15) is 0 Å². The molecule has 2 heterocycles. The Kier molecular flexibility index (Phi) is 5.40. The Morgan fingerprint density at radius 2 is 2.00 bits per heavy atom. The lowest BCUT2D eigenvalue weighted by molar-refractivity contribution is -0.113. The molecular formula is C19H17ClN4O3S. The van der Waals surface area contributed by atoms with Gasteiger partial charge in [0.15, 0.2) is 22.5 Å². The van der Waals surface area contributed by atoms with Crippen LogP contribution in [0.15, 0.2) is 47.6 Å². The second-order valence-electron chi connectivity index (χ2n) is 6.07. The molecule has 7 nitrogen and oxygen atoms in total. The lowest BCUT2D eigenvalue weighted by Gasteiger charge is -2.18. The summed E-state index contributed by atoms with van der Waals surface area (Å²) < 4.78 is 12.9.